The zero-order valence-corrected chi connectivity index (χ0v) is 18.1. The molecule has 3 aromatic rings. The van der Waals surface area contributed by atoms with E-state index in [9.17, 15) is 9.18 Å². The van der Waals surface area contributed by atoms with Crippen LogP contribution < -0.4 is 0 Å². The van der Waals surface area contributed by atoms with Gasteiger partial charge in [-0.25, -0.2) is 4.39 Å². The molecule has 0 N–H and O–H groups in total. The number of amides is 1. The molecule has 1 saturated heterocycles. The zero-order chi connectivity index (χ0) is 21.8. The zero-order valence-electron chi connectivity index (χ0n) is 18.1. The second-order valence-corrected chi connectivity index (χ2v) is 8.29. The average molecular weight is 426 g/mol. The molecule has 0 saturated carbocycles. The van der Waals surface area contributed by atoms with Crippen molar-refractivity contribution in [3.8, 4) is 11.5 Å². The van der Waals surface area contributed by atoms with E-state index in [4.69, 9.17) is 4.52 Å². The molecule has 7 nitrogen and oxygen atoms in total. The third-order valence-corrected chi connectivity index (χ3v) is 5.94. The van der Waals surface area contributed by atoms with Crippen molar-refractivity contribution in [1.29, 1.82) is 0 Å². The fourth-order valence-corrected chi connectivity index (χ4v) is 4.13. The fraction of sp³-hybridized carbons (Fsp3) is 0.478. The van der Waals surface area contributed by atoms with Gasteiger partial charge >= 0.3 is 0 Å². The molecule has 0 spiro atoms. The molecular formula is C23H28FN5O2. The highest BCUT2D eigenvalue weighted by molar-refractivity contribution is 5.76. The van der Waals surface area contributed by atoms with Gasteiger partial charge in [-0.1, -0.05) is 5.16 Å². The molecule has 0 bridgehead atoms. The Morgan fingerprint density at radius 3 is 2.61 bits per heavy atom. The number of hydrogen-bond donors (Lipinski definition) is 0. The summed E-state index contributed by atoms with van der Waals surface area (Å²) in [5.41, 5.74) is 2.79. The number of nitrogens with zero attached hydrogens (tertiary/aromatic N) is 5. The molecule has 164 valence electrons. The summed E-state index contributed by atoms with van der Waals surface area (Å²) in [6, 6.07) is 8.06. The number of rotatable bonds is 7. The minimum atomic E-state index is -0.292. The molecule has 31 heavy (non-hydrogen) atoms. The lowest BCUT2D eigenvalue weighted by molar-refractivity contribution is -0.132. The van der Waals surface area contributed by atoms with Gasteiger partial charge < -0.3 is 9.42 Å². The molecule has 1 aliphatic rings. The summed E-state index contributed by atoms with van der Waals surface area (Å²) in [5, 5.41) is 8.48. The Balaban J connectivity index is 1.20. The summed E-state index contributed by atoms with van der Waals surface area (Å²) in [4.78, 5) is 19.0. The van der Waals surface area contributed by atoms with Crippen LogP contribution in [-0.4, -0.2) is 43.8 Å². The van der Waals surface area contributed by atoms with Crippen molar-refractivity contribution < 1.29 is 13.7 Å². The fourth-order valence-electron chi connectivity index (χ4n) is 4.13. The van der Waals surface area contributed by atoms with E-state index in [1.165, 1.54) is 12.1 Å². The van der Waals surface area contributed by atoms with Crippen LogP contribution in [0.3, 0.4) is 0 Å². The molecule has 1 amide bonds. The Kier molecular flexibility index (Phi) is 6.44. The monoisotopic (exact) mass is 425 g/mol. The van der Waals surface area contributed by atoms with Crippen molar-refractivity contribution in [3.05, 3.63) is 53.4 Å². The summed E-state index contributed by atoms with van der Waals surface area (Å²) in [7, 11) is 0. The summed E-state index contributed by atoms with van der Waals surface area (Å²) in [5.74, 6) is 1.54. The average Bonchev–Trinajstić information content (AvgIpc) is 3.37. The van der Waals surface area contributed by atoms with Gasteiger partial charge in [-0.05, 0) is 69.4 Å². The van der Waals surface area contributed by atoms with Crippen LogP contribution in [0.25, 0.3) is 11.5 Å². The van der Waals surface area contributed by atoms with Crippen molar-refractivity contribution in [3.63, 3.8) is 0 Å². The number of hydrogen-bond acceptors (Lipinski definition) is 5. The normalized spacial score (nSPS) is 14.9. The molecule has 1 aromatic carbocycles. The van der Waals surface area contributed by atoms with E-state index in [1.807, 2.05) is 29.5 Å². The van der Waals surface area contributed by atoms with E-state index in [1.54, 1.807) is 12.1 Å². The minimum Gasteiger partial charge on any atom is -0.343 e. The van der Waals surface area contributed by atoms with Crippen LogP contribution in [-0.2, 0) is 17.8 Å². The number of aromatic nitrogens is 4. The Morgan fingerprint density at radius 2 is 1.94 bits per heavy atom. The lowest BCUT2D eigenvalue weighted by Gasteiger charge is -2.32. The van der Waals surface area contributed by atoms with E-state index in [0.717, 1.165) is 50.2 Å². The van der Waals surface area contributed by atoms with Gasteiger partial charge in [0.1, 0.15) is 5.82 Å². The molecule has 0 unspecified atom stereocenters. The third kappa shape index (κ3) is 5.37. The molecule has 0 atom stereocenters. The van der Waals surface area contributed by atoms with Gasteiger partial charge in [0.05, 0.1) is 5.69 Å². The molecule has 2 aromatic heterocycles. The van der Waals surface area contributed by atoms with E-state index < -0.39 is 0 Å². The van der Waals surface area contributed by atoms with Crippen LogP contribution in [0.2, 0.25) is 0 Å². The molecule has 4 rings (SSSR count). The second-order valence-electron chi connectivity index (χ2n) is 8.29. The van der Waals surface area contributed by atoms with E-state index in [-0.39, 0.29) is 11.7 Å². The molecule has 1 fully saturated rings. The first-order valence-electron chi connectivity index (χ1n) is 10.9. The number of aryl methyl sites for hydroxylation is 4. The van der Waals surface area contributed by atoms with E-state index >= 15 is 0 Å². The van der Waals surface area contributed by atoms with Crippen LogP contribution in [0.4, 0.5) is 4.39 Å². The number of carbonyl (C=O) groups is 1. The molecule has 0 radical (unpaired) electrons. The first kappa shape index (κ1) is 21.2. The lowest BCUT2D eigenvalue weighted by atomic mass is 9.92. The van der Waals surface area contributed by atoms with Crippen LogP contribution in [0.15, 0.2) is 34.9 Å². The summed E-state index contributed by atoms with van der Waals surface area (Å²) >= 11 is 0. The van der Waals surface area contributed by atoms with Crippen molar-refractivity contribution in [1.82, 2.24) is 24.8 Å². The second kappa shape index (κ2) is 9.41. The van der Waals surface area contributed by atoms with Crippen LogP contribution >= 0.6 is 0 Å². The Labute approximate surface area is 181 Å². The summed E-state index contributed by atoms with van der Waals surface area (Å²) < 4.78 is 20.3. The predicted octanol–water partition coefficient (Wildman–Crippen LogP) is 3.95. The van der Waals surface area contributed by atoms with Crippen molar-refractivity contribution >= 4 is 5.91 Å². The highest BCUT2D eigenvalue weighted by atomic mass is 19.1. The smallest absolute Gasteiger partial charge is 0.257 e. The Bertz CT molecular complexity index is 1020. The summed E-state index contributed by atoms with van der Waals surface area (Å²) in [6.45, 7) is 6.21. The topological polar surface area (TPSA) is 77.0 Å². The van der Waals surface area contributed by atoms with Gasteiger partial charge in [-0.2, -0.15) is 10.1 Å². The maximum absolute atomic E-state index is 13.1. The molecule has 0 aliphatic carbocycles. The maximum Gasteiger partial charge on any atom is 0.257 e. The highest BCUT2D eigenvalue weighted by Gasteiger charge is 2.23. The number of likely N-dealkylation sites (tertiary alicyclic amines) is 1. The van der Waals surface area contributed by atoms with Gasteiger partial charge in [0.15, 0.2) is 5.82 Å². The Hall–Kier alpha value is -3.03. The minimum absolute atomic E-state index is 0.202. The van der Waals surface area contributed by atoms with Crippen LogP contribution in [0, 0.1) is 25.6 Å². The number of halogens is 1. The quantitative estimate of drug-likeness (QED) is 0.573. The predicted molar refractivity (Wildman–Crippen MR) is 114 cm³/mol. The molecule has 8 heteroatoms. The van der Waals surface area contributed by atoms with Crippen molar-refractivity contribution in [2.24, 2.45) is 5.92 Å². The Morgan fingerprint density at radius 1 is 1.19 bits per heavy atom. The largest absolute Gasteiger partial charge is 0.343 e. The molecule has 1 aliphatic heterocycles. The van der Waals surface area contributed by atoms with Crippen molar-refractivity contribution in [2.45, 2.75) is 52.5 Å². The number of benzene rings is 1. The van der Waals surface area contributed by atoms with Gasteiger partial charge in [-0.3, -0.25) is 9.48 Å². The molecule has 3 heterocycles. The first-order valence-corrected chi connectivity index (χ1v) is 10.9. The number of piperidine rings is 1. The highest BCUT2D eigenvalue weighted by Crippen LogP contribution is 2.24. The molecular weight excluding hydrogens is 397 g/mol. The lowest BCUT2D eigenvalue weighted by Crippen LogP contribution is -2.39. The van der Waals surface area contributed by atoms with E-state index in [0.29, 0.717) is 36.2 Å². The van der Waals surface area contributed by atoms with Gasteiger partial charge in [0, 0.05) is 43.7 Å². The van der Waals surface area contributed by atoms with E-state index in [2.05, 4.69) is 15.2 Å². The first-order chi connectivity index (χ1) is 15.0. The maximum atomic E-state index is 13.1. The SMILES string of the molecule is Cc1cc(C)n(CCC(=O)N2CCC(CCc3noc(-c4ccc(F)cc4)n3)CC2)n1. The standard InChI is InChI=1S/C23H28FN5O2/c1-16-15-17(2)29(26-16)14-11-22(30)28-12-9-18(10-13-28)3-8-21-25-23(31-27-21)19-4-6-20(24)7-5-19/h4-7,15,18H,3,8-14H2,1-2H3. The van der Waals surface area contributed by atoms with Gasteiger partial charge in [-0.15, -0.1) is 0 Å². The van der Waals surface area contributed by atoms with Crippen LogP contribution in [0.1, 0.15) is 42.9 Å². The third-order valence-electron chi connectivity index (χ3n) is 5.94. The van der Waals surface area contributed by atoms with Crippen molar-refractivity contribution in [2.75, 3.05) is 13.1 Å². The van der Waals surface area contributed by atoms with Gasteiger partial charge in [0.25, 0.3) is 5.89 Å². The van der Waals surface area contributed by atoms with Gasteiger partial charge in [0.2, 0.25) is 5.91 Å². The number of carbonyl (C=O) groups excluding carboxylic acids is 1. The van der Waals surface area contributed by atoms with Crippen LogP contribution in [0.5, 0.6) is 0 Å². The summed E-state index contributed by atoms with van der Waals surface area (Å²) in [6.07, 6.45) is 4.18.